The lowest BCUT2D eigenvalue weighted by Gasteiger charge is -2.16. The van der Waals surface area contributed by atoms with Crippen LogP contribution in [0.25, 0.3) is 0 Å². The maximum atomic E-state index is 13.0. The zero-order valence-corrected chi connectivity index (χ0v) is 17.8. The van der Waals surface area contributed by atoms with Gasteiger partial charge in [-0.05, 0) is 48.9 Å². The number of rotatable bonds is 7. The van der Waals surface area contributed by atoms with E-state index in [1.807, 2.05) is 25.1 Å². The fourth-order valence-corrected chi connectivity index (χ4v) is 3.18. The highest BCUT2D eigenvalue weighted by molar-refractivity contribution is 6.13. The van der Waals surface area contributed by atoms with Crippen LogP contribution in [0.5, 0.6) is 17.2 Å². The Morgan fingerprint density at radius 1 is 0.710 bits per heavy atom. The van der Waals surface area contributed by atoms with Gasteiger partial charge in [0, 0.05) is 5.69 Å². The summed E-state index contributed by atoms with van der Waals surface area (Å²) in [6.07, 6.45) is 0. The number of ether oxygens (including phenoxy) is 3. The fourth-order valence-electron chi connectivity index (χ4n) is 3.18. The second-order valence-electron chi connectivity index (χ2n) is 6.71. The molecule has 0 atom stereocenters. The first kappa shape index (κ1) is 21.7. The van der Waals surface area contributed by atoms with Crippen molar-refractivity contribution in [2.75, 3.05) is 32.0 Å². The highest BCUT2D eigenvalue weighted by atomic mass is 16.5. The smallest absolute Gasteiger partial charge is 0.259 e. The summed E-state index contributed by atoms with van der Waals surface area (Å²) in [7, 11) is 4.41. The fraction of sp³-hybridized carbons (Fsp3) is 0.167. The normalized spacial score (nSPS) is 10.2. The molecule has 0 aliphatic rings. The Kier molecular flexibility index (Phi) is 6.77. The van der Waals surface area contributed by atoms with E-state index in [9.17, 15) is 9.59 Å². The Morgan fingerprint density at radius 2 is 1.42 bits per heavy atom. The van der Waals surface area contributed by atoms with Crippen molar-refractivity contribution < 1.29 is 23.8 Å². The van der Waals surface area contributed by atoms with Gasteiger partial charge in [0.25, 0.3) is 11.8 Å². The molecule has 0 bridgehead atoms. The Hall–Kier alpha value is -4.00. The SMILES string of the molecule is COc1ccc(C(=O)Nc2ccccc2C(=O)Nc2cccc(C)c2)c(OC)c1OC. The van der Waals surface area contributed by atoms with Gasteiger partial charge in [-0.25, -0.2) is 0 Å². The number of carbonyl (C=O) groups is 2. The van der Waals surface area contributed by atoms with Crippen molar-refractivity contribution in [2.24, 2.45) is 0 Å². The molecular weight excluding hydrogens is 396 g/mol. The van der Waals surface area contributed by atoms with E-state index in [1.54, 1.807) is 42.5 Å². The van der Waals surface area contributed by atoms with Crippen LogP contribution >= 0.6 is 0 Å². The van der Waals surface area contributed by atoms with Gasteiger partial charge >= 0.3 is 0 Å². The molecule has 3 aromatic rings. The number of hydrogen-bond donors (Lipinski definition) is 2. The Labute approximate surface area is 180 Å². The minimum absolute atomic E-state index is 0.237. The largest absolute Gasteiger partial charge is 0.493 e. The number of anilines is 2. The number of carbonyl (C=O) groups excluding carboxylic acids is 2. The molecule has 0 fully saturated rings. The van der Waals surface area contributed by atoms with Crippen molar-refractivity contribution >= 4 is 23.2 Å². The number of hydrogen-bond acceptors (Lipinski definition) is 5. The summed E-state index contributed by atoms with van der Waals surface area (Å²) < 4.78 is 16.0. The van der Waals surface area contributed by atoms with Crippen LogP contribution in [0.2, 0.25) is 0 Å². The van der Waals surface area contributed by atoms with E-state index < -0.39 is 5.91 Å². The summed E-state index contributed by atoms with van der Waals surface area (Å²) >= 11 is 0. The molecule has 7 nitrogen and oxygen atoms in total. The zero-order valence-electron chi connectivity index (χ0n) is 17.8. The standard InChI is InChI=1S/C24H24N2O5/c1-15-8-7-9-16(14-15)25-23(27)17-10-5-6-11-19(17)26-24(28)18-12-13-20(29-2)22(31-4)21(18)30-3/h5-14H,1-4H3,(H,25,27)(H,26,28). The molecular formula is C24H24N2O5. The van der Waals surface area contributed by atoms with E-state index >= 15 is 0 Å². The third kappa shape index (κ3) is 4.78. The first-order valence-electron chi connectivity index (χ1n) is 9.55. The molecule has 3 rings (SSSR count). The maximum Gasteiger partial charge on any atom is 0.259 e. The van der Waals surface area contributed by atoms with Gasteiger partial charge in [-0.3, -0.25) is 9.59 Å². The van der Waals surface area contributed by atoms with E-state index in [0.29, 0.717) is 28.4 Å². The number of benzene rings is 3. The van der Waals surface area contributed by atoms with Gasteiger partial charge in [-0.15, -0.1) is 0 Å². The molecule has 2 N–H and O–H groups in total. The van der Waals surface area contributed by atoms with Crippen LogP contribution in [0.4, 0.5) is 11.4 Å². The summed E-state index contributed by atoms with van der Waals surface area (Å²) in [6, 6.07) is 17.5. The molecule has 0 aromatic heterocycles. The number of methoxy groups -OCH3 is 3. The average Bonchev–Trinajstić information content (AvgIpc) is 2.78. The monoisotopic (exact) mass is 420 g/mol. The van der Waals surface area contributed by atoms with Gasteiger partial charge in [-0.2, -0.15) is 0 Å². The lowest BCUT2D eigenvalue weighted by molar-refractivity contribution is 0.102. The lowest BCUT2D eigenvalue weighted by Crippen LogP contribution is -2.19. The Morgan fingerprint density at radius 3 is 2.10 bits per heavy atom. The van der Waals surface area contributed by atoms with E-state index in [2.05, 4.69) is 10.6 Å². The van der Waals surface area contributed by atoms with Crippen molar-refractivity contribution in [1.29, 1.82) is 0 Å². The Bertz CT molecular complexity index is 1110. The number of aryl methyl sites for hydroxylation is 1. The van der Waals surface area contributed by atoms with Gasteiger partial charge < -0.3 is 24.8 Å². The molecule has 0 radical (unpaired) electrons. The van der Waals surface area contributed by atoms with Crippen LogP contribution in [-0.4, -0.2) is 33.1 Å². The number of amides is 2. The Balaban J connectivity index is 1.89. The van der Waals surface area contributed by atoms with Crippen molar-refractivity contribution in [1.82, 2.24) is 0 Å². The van der Waals surface area contributed by atoms with E-state index in [-0.39, 0.29) is 17.2 Å². The van der Waals surface area contributed by atoms with Crippen LogP contribution in [0.1, 0.15) is 26.3 Å². The van der Waals surface area contributed by atoms with Gasteiger partial charge in [0.2, 0.25) is 5.75 Å². The predicted molar refractivity (Wildman–Crippen MR) is 120 cm³/mol. The minimum atomic E-state index is -0.450. The summed E-state index contributed by atoms with van der Waals surface area (Å²) in [5.41, 5.74) is 2.65. The molecule has 0 spiro atoms. The third-order valence-electron chi connectivity index (χ3n) is 4.64. The molecule has 0 aliphatic carbocycles. The summed E-state index contributed by atoms with van der Waals surface area (Å²) in [4.78, 5) is 25.9. The maximum absolute atomic E-state index is 13.0. The minimum Gasteiger partial charge on any atom is -0.493 e. The average molecular weight is 420 g/mol. The molecule has 0 unspecified atom stereocenters. The summed E-state index contributed by atoms with van der Waals surface area (Å²) in [5.74, 6) is 0.201. The highest BCUT2D eigenvalue weighted by Gasteiger charge is 2.22. The predicted octanol–water partition coefficient (Wildman–Crippen LogP) is 4.53. The molecule has 7 heteroatoms. The lowest BCUT2D eigenvalue weighted by atomic mass is 10.1. The van der Waals surface area contributed by atoms with Gasteiger partial charge in [0.1, 0.15) is 0 Å². The van der Waals surface area contributed by atoms with Crippen LogP contribution < -0.4 is 24.8 Å². The quantitative estimate of drug-likeness (QED) is 0.587. The van der Waals surface area contributed by atoms with Crippen molar-refractivity contribution in [3.63, 3.8) is 0 Å². The summed E-state index contributed by atoms with van der Waals surface area (Å²) in [6.45, 7) is 1.94. The van der Waals surface area contributed by atoms with E-state index in [4.69, 9.17) is 14.2 Å². The molecule has 0 heterocycles. The van der Waals surface area contributed by atoms with Crippen LogP contribution in [0.3, 0.4) is 0 Å². The van der Waals surface area contributed by atoms with Gasteiger partial charge in [-0.1, -0.05) is 24.3 Å². The summed E-state index contributed by atoms with van der Waals surface area (Å²) in [5, 5.41) is 5.65. The topological polar surface area (TPSA) is 85.9 Å². The van der Waals surface area contributed by atoms with Crippen molar-refractivity contribution in [3.8, 4) is 17.2 Å². The molecule has 160 valence electrons. The second kappa shape index (κ2) is 9.67. The number of para-hydroxylation sites is 1. The third-order valence-corrected chi connectivity index (χ3v) is 4.64. The first-order valence-corrected chi connectivity index (χ1v) is 9.55. The molecule has 31 heavy (non-hydrogen) atoms. The van der Waals surface area contributed by atoms with Crippen LogP contribution in [-0.2, 0) is 0 Å². The number of nitrogens with one attached hydrogen (secondary N) is 2. The molecule has 0 aliphatic heterocycles. The zero-order chi connectivity index (χ0) is 22.4. The van der Waals surface area contributed by atoms with Crippen molar-refractivity contribution in [3.05, 3.63) is 77.4 Å². The molecule has 2 amide bonds. The molecule has 0 saturated carbocycles. The second-order valence-corrected chi connectivity index (χ2v) is 6.71. The van der Waals surface area contributed by atoms with E-state index in [1.165, 1.54) is 21.3 Å². The van der Waals surface area contributed by atoms with Gasteiger partial charge in [0.15, 0.2) is 11.5 Å². The van der Waals surface area contributed by atoms with Crippen LogP contribution in [0.15, 0.2) is 60.7 Å². The highest BCUT2D eigenvalue weighted by Crippen LogP contribution is 2.40. The molecule has 3 aromatic carbocycles. The van der Waals surface area contributed by atoms with Crippen LogP contribution in [0, 0.1) is 6.92 Å². The van der Waals surface area contributed by atoms with Crippen molar-refractivity contribution in [2.45, 2.75) is 6.92 Å². The van der Waals surface area contributed by atoms with E-state index in [0.717, 1.165) is 5.56 Å². The van der Waals surface area contributed by atoms with Gasteiger partial charge in [0.05, 0.1) is 38.1 Å². The first-order chi connectivity index (χ1) is 15.0. The molecule has 0 saturated heterocycles.